The molecule has 0 aromatic heterocycles. The molecule has 0 saturated carbocycles. The Morgan fingerprint density at radius 2 is 1.64 bits per heavy atom. The van der Waals surface area contributed by atoms with E-state index in [1.165, 1.54) is 0 Å². The summed E-state index contributed by atoms with van der Waals surface area (Å²) in [7, 11) is 3.24. The van der Waals surface area contributed by atoms with Gasteiger partial charge in [0, 0.05) is 4.47 Å². The van der Waals surface area contributed by atoms with E-state index in [2.05, 4.69) is 49.0 Å². The number of nitrogens with one attached hydrogen (secondary N) is 1. The van der Waals surface area contributed by atoms with E-state index in [0.29, 0.717) is 37.0 Å². The van der Waals surface area contributed by atoms with Gasteiger partial charge in [-0.25, -0.2) is 0 Å². The molecule has 33 heavy (non-hydrogen) atoms. The molecule has 0 amide bonds. The Kier molecular flexibility index (Phi) is 9.68. The van der Waals surface area contributed by atoms with Gasteiger partial charge >= 0.3 is 0 Å². The van der Waals surface area contributed by atoms with Crippen LogP contribution < -0.4 is 24.4 Å². The van der Waals surface area contributed by atoms with E-state index in [1.807, 2.05) is 61.5 Å². The van der Waals surface area contributed by atoms with Gasteiger partial charge in [-0.15, -0.1) is 0 Å². The Balaban J connectivity index is 1.66. The molecule has 0 spiro atoms. The summed E-state index contributed by atoms with van der Waals surface area (Å²) in [4.78, 5) is 0. The molecule has 0 saturated heterocycles. The molecular formula is C25H26BrIN2O4. The van der Waals surface area contributed by atoms with Crippen molar-refractivity contribution in [2.24, 2.45) is 5.10 Å². The summed E-state index contributed by atoms with van der Waals surface area (Å²) in [5.41, 5.74) is 6.10. The third-order valence-electron chi connectivity index (χ3n) is 4.66. The average molecular weight is 625 g/mol. The second kappa shape index (κ2) is 12.7. The van der Waals surface area contributed by atoms with Crippen molar-refractivity contribution in [3.8, 4) is 23.0 Å². The number of hydrogen-bond acceptors (Lipinski definition) is 6. The quantitative estimate of drug-likeness (QED) is 0.157. The largest absolute Gasteiger partial charge is 0.493 e. The molecule has 0 aliphatic carbocycles. The maximum atomic E-state index is 6.10. The molecular weight excluding hydrogens is 599 g/mol. The van der Waals surface area contributed by atoms with Gasteiger partial charge in [0.2, 0.25) is 0 Å². The first kappa shape index (κ1) is 25.2. The van der Waals surface area contributed by atoms with Crippen molar-refractivity contribution in [2.45, 2.75) is 20.1 Å². The SMILES string of the molecule is CCOc1cc(/C=N\NCc2ccc(OC)c(OC)c2)cc(I)c1OCc1ccc(Br)cc1. The van der Waals surface area contributed by atoms with Crippen LogP contribution in [-0.2, 0) is 13.2 Å². The van der Waals surface area contributed by atoms with Crippen molar-refractivity contribution in [3.05, 3.63) is 79.3 Å². The van der Waals surface area contributed by atoms with Gasteiger partial charge in [-0.1, -0.05) is 34.1 Å². The third kappa shape index (κ3) is 7.26. The summed E-state index contributed by atoms with van der Waals surface area (Å²) in [6.45, 7) is 3.52. The molecule has 0 radical (unpaired) electrons. The van der Waals surface area contributed by atoms with Gasteiger partial charge in [-0.3, -0.25) is 0 Å². The van der Waals surface area contributed by atoms with Gasteiger partial charge in [-0.2, -0.15) is 5.10 Å². The van der Waals surface area contributed by atoms with Crippen molar-refractivity contribution in [1.82, 2.24) is 5.43 Å². The fourth-order valence-corrected chi connectivity index (χ4v) is 4.09. The molecule has 0 atom stereocenters. The average Bonchev–Trinajstić information content (AvgIpc) is 2.82. The van der Waals surface area contributed by atoms with Crippen LogP contribution in [0.25, 0.3) is 0 Å². The second-order valence-electron chi connectivity index (χ2n) is 6.96. The highest BCUT2D eigenvalue weighted by Gasteiger charge is 2.12. The summed E-state index contributed by atoms with van der Waals surface area (Å²) >= 11 is 5.72. The number of rotatable bonds is 11. The lowest BCUT2D eigenvalue weighted by Crippen LogP contribution is -2.06. The number of hydrazone groups is 1. The van der Waals surface area contributed by atoms with Crippen molar-refractivity contribution >= 4 is 44.7 Å². The minimum atomic E-state index is 0.462. The van der Waals surface area contributed by atoms with Crippen LogP contribution in [0, 0.1) is 3.57 Å². The Morgan fingerprint density at radius 1 is 0.909 bits per heavy atom. The minimum Gasteiger partial charge on any atom is -0.493 e. The number of benzene rings is 3. The van der Waals surface area contributed by atoms with Crippen LogP contribution >= 0.6 is 38.5 Å². The predicted octanol–water partition coefficient (Wildman–Crippen LogP) is 6.17. The van der Waals surface area contributed by atoms with Crippen molar-refractivity contribution < 1.29 is 18.9 Å². The molecule has 0 heterocycles. The molecule has 1 N–H and O–H groups in total. The maximum Gasteiger partial charge on any atom is 0.175 e. The molecule has 8 heteroatoms. The Hall–Kier alpha value is -2.46. The molecule has 0 unspecified atom stereocenters. The Morgan fingerprint density at radius 3 is 2.33 bits per heavy atom. The van der Waals surface area contributed by atoms with Crippen LogP contribution in [0.4, 0.5) is 0 Å². The van der Waals surface area contributed by atoms with Gasteiger partial charge in [0.1, 0.15) is 6.61 Å². The highest BCUT2D eigenvalue weighted by atomic mass is 127. The van der Waals surface area contributed by atoms with Gasteiger partial charge < -0.3 is 24.4 Å². The molecule has 0 bridgehead atoms. The lowest BCUT2D eigenvalue weighted by atomic mass is 10.2. The lowest BCUT2D eigenvalue weighted by molar-refractivity contribution is 0.267. The fourth-order valence-electron chi connectivity index (χ4n) is 3.05. The maximum absolute atomic E-state index is 6.10. The molecule has 3 aromatic carbocycles. The number of ether oxygens (including phenoxy) is 4. The normalized spacial score (nSPS) is 10.8. The smallest absolute Gasteiger partial charge is 0.175 e. The van der Waals surface area contributed by atoms with E-state index in [1.54, 1.807) is 20.4 Å². The summed E-state index contributed by atoms with van der Waals surface area (Å²) in [6, 6.07) is 17.8. The predicted molar refractivity (Wildman–Crippen MR) is 143 cm³/mol. The minimum absolute atomic E-state index is 0.462. The van der Waals surface area contributed by atoms with E-state index >= 15 is 0 Å². The van der Waals surface area contributed by atoms with Crippen LogP contribution in [0.5, 0.6) is 23.0 Å². The van der Waals surface area contributed by atoms with E-state index in [-0.39, 0.29) is 0 Å². The van der Waals surface area contributed by atoms with Crippen LogP contribution in [-0.4, -0.2) is 27.0 Å². The summed E-state index contributed by atoms with van der Waals surface area (Å²) in [6.07, 6.45) is 1.77. The zero-order chi connectivity index (χ0) is 23.6. The monoisotopic (exact) mass is 624 g/mol. The van der Waals surface area contributed by atoms with Crippen molar-refractivity contribution in [2.75, 3.05) is 20.8 Å². The molecule has 0 aliphatic rings. The number of hydrogen-bond donors (Lipinski definition) is 1. The fraction of sp³-hybridized carbons (Fsp3) is 0.240. The molecule has 0 aliphatic heterocycles. The molecule has 3 rings (SSSR count). The van der Waals surface area contributed by atoms with Crippen molar-refractivity contribution in [1.29, 1.82) is 0 Å². The highest BCUT2D eigenvalue weighted by Crippen LogP contribution is 2.34. The van der Waals surface area contributed by atoms with Gasteiger partial charge in [-0.05, 0) is 82.6 Å². The van der Waals surface area contributed by atoms with Crippen molar-refractivity contribution in [3.63, 3.8) is 0 Å². The first-order valence-electron chi connectivity index (χ1n) is 10.3. The standard InChI is InChI=1S/C25H26BrIN2O4/c1-4-32-24-13-19(11-21(27)25(24)33-16-17-5-8-20(26)9-6-17)15-29-28-14-18-7-10-22(30-2)23(12-18)31-3/h5-13,15,28H,4,14,16H2,1-3H3/b29-15-. The van der Waals surface area contributed by atoms with Gasteiger partial charge in [0.05, 0.1) is 37.2 Å². The van der Waals surface area contributed by atoms with E-state index in [4.69, 9.17) is 18.9 Å². The van der Waals surface area contributed by atoms with Crippen LogP contribution in [0.1, 0.15) is 23.6 Å². The second-order valence-corrected chi connectivity index (χ2v) is 9.04. The zero-order valence-electron chi connectivity index (χ0n) is 18.7. The van der Waals surface area contributed by atoms with Crippen LogP contribution in [0.3, 0.4) is 0 Å². The van der Waals surface area contributed by atoms with Gasteiger partial charge in [0.15, 0.2) is 23.0 Å². The molecule has 174 valence electrons. The first-order valence-corrected chi connectivity index (χ1v) is 12.2. The topological polar surface area (TPSA) is 61.3 Å². The third-order valence-corrected chi connectivity index (χ3v) is 5.99. The Labute approximate surface area is 216 Å². The number of nitrogens with zero attached hydrogens (tertiary/aromatic N) is 1. The summed E-state index contributed by atoms with van der Waals surface area (Å²) in [5.74, 6) is 2.82. The zero-order valence-corrected chi connectivity index (χ0v) is 22.5. The number of halogens is 2. The lowest BCUT2D eigenvalue weighted by Gasteiger charge is -2.15. The molecule has 6 nitrogen and oxygen atoms in total. The van der Waals surface area contributed by atoms with E-state index < -0.39 is 0 Å². The van der Waals surface area contributed by atoms with Gasteiger partial charge in [0.25, 0.3) is 0 Å². The summed E-state index contributed by atoms with van der Waals surface area (Å²) in [5, 5.41) is 4.36. The van der Waals surface area contributed by atoms with Crippen LogP contribution in [0.15, 0.2) is 64.2 Å². The highest BCUT2D eigenvalue weighted by molar-refractivity contribution is 14.1. The summed E-state index contributed by atoms with van der Waals surface area (Å²) < 4.78 is 24.6. The van der Waals surface area contributed by atoms with E-state index in [0.717, 1.165) is 30.5 Å². The Bertz CT molecular complexity index is 1090. The van der Waals surface area contributed by atoms with Crippen LogP contribution in [0.2, 0.25) is 0 Å². The first-order chi connectivity index (χ1) is 16.0. The van der Waals surface area contributed by atoms with E-state index in [9.17, 15) is 0 Å². The molecule has 0 fully saturated rings. The number of methoxy groups -OCH3 is 2. The molecule has 3 aromatic rings.